The molecule has 2 aromatic rings. The summed E-state index contributed by atoms with van der Waals surface area (Å²) in [6.45, 7) is 11.2. The van der Waals surface area contributed by atoms with Crippen LogP contribution in [0.25, 0.3) is 0 Å². The number of benzene rings is 2. The van der Waals surface area contributed by atoms with Gasteiger partial charge in [0, 0.05) is 29.0 Å². The minimum atomic E-state index is -1.45. The number of aliphatic hydroxyl groups is 1. The predicted molar refractivity (Wildman–Crippen MR) is 145 cm³/mol. The first kappa shape index (κ1) is 29.0. The monoisotopic (exact) mass is 522 g/mol. The van der Waals surface area contributed by atoms with Crippen molar-refractivity contribution in [1.82, 2.24) is 0 Å². The Morgan fingerprint density at radius 3 is 2.00 bits per heavy atom. The molecule has 0 fully saturated rings. The molecule has 0 aromatic heterocycles. The highest BCUT2D eigenvalue weighted by Crippen LogP contribution is 2.53. The van der Waals surface area contributed by atoms with Crippen molar-refractivity contribution in [3.8, 4) is 17.2 Å². The van der Waals surface area contributed by atoms with E-state index in [1.165, 1.54) is 34.6 Å². The van der Waals surface area contributed by atoms with Crippen LogP contribution in [0.2, 0.25) is 0 Å². The smallest absolute Gasteiger partial charge is 0.175 e. The minimum absolute atomic E-state index is 0.00885. The fourth-order valence-electron chi connectivity index (χ4n) is 5.43. The summed E-state index contributed by atoms with van der Waals surface area (Å²) in [6, 6.07) is 9.30. The fraction of sp³-hybridized carbons (Fsp3) is 0.452. The van der Waals surface area contributed by atoms with Gasteiger partial charge in [-0.15, -0.1) is 0 Å². The second-order valence-electron chi connectivity index (χ2n) is 11.7. The van der Waals surface area contributed by atoms with Crippen molar-refractivity contribution < 1.29 is 34.8 Å². The van der Waals surface area contributed by atoms with Crippen molar-refractivity contribution in [3.05, 3.63) is 63.9 Å². The number of rotatable bonds is 8. The molecular formula is C31H38O7. The van der Waals surface area contributed by atoms with Crippen molar-refractivity contribution in [2.75, 3.05) is 0 Å². The highest BCUT2D eigenvalue weighted by molar-refractivity contribution is 6.19. The Morgan fingerprint density at radius 1 is 0.868 bits per heavy atom. The van der Waals surface area contributed by atoms with Crippen LogP contribution >= 0.6 is 0 Å². The van der Waals surface area contributed by atoms with Crippen molar-refractivity contribution in [2.24, 2.45) is 16.7 Å². The van der Waals surface area contributed by atoms with Gasteiger partial charge in [-0.1, -0.05) is 44.2 Å². The number of hydrogen-bond donors (Lipinski definition) is 4. The van der Waals surface area contributed by atoms with Crippen LogP contribution in [0.5, 0.6) is 17.2 Å². The molecule has 2 aromatic carbocycles. The Morgan fingerprint density at radius 2 is 1.45 bits per heavy atom. The summed E-state index contributed by atoms with van der Waals surface area (Å²) < 4.78 is 0. The van der Waals surface area contributed by atoms with Crippen LogP contribution < -0.4 is 0 Å². The molecule has 4 N–H and O–H groups in total. The summed E-state index contributed by atoms with van der Waals surface area (Å²) >= 11 is 0. The summed E-state index contributed by atoms with van der Waals surface area (Å²) in [4.78, 5) is 40.1. The molecule has 0 saturated heterocycles. The molecule has 0 radical (unpaired) electrons. The minimum Gasteiger partial charge on any atom is -0.511 e. The van der Waals surface area contributed by atoms with E-state index in [4.69, 9.17) is 0 Å². The molecule has 1 atom stereocenters. The van der Waals surface area contributed by atoms with Gasteiger partial charge in [0.15, 0.2) is 17.3 Å². The van der Waals surface area contributed by atoms with E-state index in [0.717, 1.165) is 5.56 Å². The second kappa shape index (κ2) is 10.3. The molecule has 0 bridgehead atoms. The predicted octanol–water partition coefficient (Wildman–Crippen LogP) is 6.07. The van der Waals surface area contributed by atoms with E-state index >= 15 is 0 Å². The third-order valence-electron chi connectivity index (χ3n) is 7.66. The average molecular weight is 523 g/mol. The van der Waals surface area contributed by atoms with Crippen molar-refractivity contribution in [1.29, 1.82) is 0 Å². The van der Waals surface area contributed by atoms with Gasteiger partial charge in [0.05, 0.1) is 10.8 Å². The van der Waals surface area contributed by atoms with Gasteiger partial charge in [-0.3, -0.25) is 14.4 Å². The normalized spacial score (nSPS) is 17.7. The molecule has 0 aliphatic heterocycles. The van der Waals surface area contributed by atoms with E-state index < -0.39 is 57.1 Å². The quantitative estimate of drug-likeness (QED) is 0.244. The largest absolute Gasteiger partial charge is 0.511 e. The lowest BCUT2D eigenvalue weighted by molar-refractivity contribution is -0.144. The van der Waals surface area contributed by atoms with Crippen LogP contribution in [-0.4, -0.2) is 37.8 Å². The van der Waals surface area contributed by atoms with E-state index in [9.17, 15) is 34.8 Å². The number of aromatic hydroxyl groups is 3. The van der Waals surface area contributed by atoms with E-state index in [1.807, 2.05) is 44.2 Å². The maximum atomic E-state index is 13.7. The van der Waals surface area contributed by atoms with Crippen LogP contribution in [0.3, 0.4) is 0 Å². The summed E-state index contributed by atoms with van der Waals surface area (Å²) in [5, 5.41) is 44.7. The van der Waals surface area contributed by atoms with Crippen LogP contribution in [0.15, 0.2) is 41.7 Å². The molecule has 0 heterocycles. The zero-order valence-corrected chi connectivity index (χ0v) is 23.2. The van der Waals surface area contributed by atoms with E-state index in [1.54, 1.807) is 0 Å². The first-order valence-corrected chi connectivity index (χ1v) is 12.9. The van der Waals surface area contributed by atoms with Gasteiger partial charge in [0.1, 0.15) is 28.6 Å². The Bertz CT molecular complexity index is 1310. The number of carbonyl (C=O) groups is 3. The first-order chi connectivity index (χ1) is 17.5. The number of phenolic OH excluding ortho intramolecular Hbond substituents is 3. The van der Waals surface area contributed by atoms with Crippen molar-refractivity contribution >= 4 is 17.3 Å². The molecule has 1 unspecified atom stereocenters. The topological polar surface area (TPSA) is 132 Å². The number of aliphatic hydroxyl groups excluding tert-OH is 1. The number of allylic oxidation sites excluding steroid dienone is 2. The molecular weight excluding hydrogens is 484 g/mol. The molecule has 3 rings (SSSR count). The Kier molecular flexibility index (Phi) is 7.83. The van der Waals surface area contributed by atoms with Gasteiger partial charge in [-0.2, -0.15) is 0 Å². The number of Topliss-reactive ketones (excluding diaryl/α,β-unsaturated/α-hetero) is 3. The lowest BCUT2D eigenvalue weighted by Gasteiger charge is -2.41. The van der Waals surface area contributed by atoms with Crippen molar-refractivity contribution in [3.63, 3.8) is 0 Å². The van der Waals surface area contributed by atoms with Crippen LogP contribution in [0.4, 0.5) is 0 Å². The fourth-order valence-corrected chi connectivity index (χ4v) is 5.43. The maximum Gasteiger partial charge on any atom is 0.175 e. The molecule has 0 spiro atoms. The number of hydrogen-bond acceptors (Lipinski definition) is 7. The Balaban J connectivity index is 2.25. The molecule has 1 aliphatic carbocycles. The number of aryl methyl sites for hydroxylation is 1. The van der Waals surface area contributed by atoms with Crippen LogP contribution in [0, 0.1) is 23.7 Å². The molecule has 38 heavy (non-hydrogen) atoms. The molecule has 0 saturated carbocycles. The Hall–Kier alpha value is -3.61. The van der Waals surface area contributed by atoms with Gasteiger partial charge in [-0.05, 0) is 58.9 Å². The number of phenols is 3. The summed E-state index contributed by atoms with van der Waals surface area (Å²) in [7, 11) is 0. The third kappa shape index (κ3) is 4.82. The first-order valence-electron chi connectivity index (χ1n) is 12.9. The molecule has 7 heteroatoms. The van der Waals surface area contributed by atoms with Gasteiger partial charge >= 0.3 is 0 Å². The number of ketones is 3. The zero-order chi connectivity index (χ0) is 28.7. The highest BCUT2D eigenvalue weighted by Gasteiger charge is 2.55. The summed E-state index contributed by atoms with van der Waals surface area (Å²) in [6.07, 6.45) is 0.581. The second-order valence-corrected chi connectivity index (χ2v) is 11.7. The standard InChI is InChI=1S/C31H38O7/c1-16(2)15-19(22-27(36)30(4,5)29(38)31(6,7)28(22)37)21-24(33)17(3)25(34)23(26(21)35)20(32)14-13-18-11-9-8-10-12-18/h8-12,16,19,33-36H,13-15H2,1-7H3. The average Bonchev–Trinajstić information content (AvgIpc) is 2.85. The van der Waals surface area contributed by atoms with Crippen LogP contribution in [-0.2, 0) is 16.0 Å². The molecule has 0 amide bonds. The molecule has 204 valence electrons. The van der Waals surface area contributed by atoms with E-state index in [0.29, 0.717) is 6.42 Å². The zero-order valence-electron chi connectivity index (χ0n) is 23.2. The molecule has 7 nitrogen and oxygen atoms in total. The van der Waals surface area contributed by atoms with Gasteiger partial charge in [0.25, 0.3) is 0 Å². The van der Waals surface area contributed by atoms with Gasteiger partial charge < -0.3 is 20.4 Å². The van der Waals surface area contributed by atoms with Gasteiger partial charge in [-0.25, -0.2) is 0 Å². The lowest BCUT2D eigenvalue weighted by atomic mass is 9.60. The summed E-state index contributed by atoms with van der Waals surface area (Å²) in [5.41, 5.74) is -2.48. The number of carbonyl (C=O) groups excluding carboxylic acids is 3. The molecule has 1 aliphatic rings. The van der Waals surface area contributed by atoms with Crippen molar-refractivity contribution in [2.45, 2.75) is 73.6 Å². The van der Waals surface area contributed by atoms with Crippen LogP contribution in [0.1, 0.15) is 87.4 Å². The summed E-state index contributed by atoms with van der Waals surface area (Å²) in [5.74, 6) is -4.72. The SMILES string of the molecule is Cc1c(O)c(C(=O)CCc2ccccc2)c(O)c(C(CC(C)C)C2=C(O)C(C)(C)C(=O)C(C)(C)C2=O)c1O. The highest BCUT2D eigenvalue weighted by atomic mass is 16.3. The maximum absolute atomic E-state index is 13.7. The van der Waals surface area contributed by atoms with Gasteiger partial charge in [0.2, 0.25) is 0 Å². The van der Waals surface area contributed by atoms with E-state index in [-0.39, 0.29) is 41.0 Å². The Labute approximate surface area is 223 Å². The lowest BCUT2D eigenvalue weighted by Crippen LogP contribution is -2.49. The van der Waals surface area contributed by atoms with E-state index in [2.05, 4.69) is 0 Å². The third-order valence-corrected chi connectivity index (χ3v) is 7.66.